The third-order valence-corrected chi connectivity index (χ3v) is 1.41. The van der Waals surface area contributed by atoms with Gasteiger partial charge in [-0.1, -0.05) is 0 Å². The quantitative estimate of drug-likeness (QED) is 0.576. The molecule has 0 aromatic carbocycles. The van der Waals surface area contributed by atoms with E-state index in [0.29, 0.717) is 6.07 Å². The average molecular weight is 195 g/mol. The van der Waals surface area contributed by atoms with Crippen LogP contribution in [0.3, 0.4) is 0 Å². The van der Waals surface area contributed by atoms with Gasteiger partial charge in [0.05, 0.1) is 12.2 Å². The van der Waals surface area contributed by atoms with Gasteiger partial charge in [0.25, 0.3) is 6.43 Å². The molecule has 0 atom stereocenters. The van der Waals surface area contributed by atoms with E-state index in [2.05, 4.69) is 4.98 Å². The van der Waals surface area contributed by atoms with Crippen LogP contribution in [0.15, 0.2) is 6.07 Å². The van der Waals surface area contributed by atoms with E-state index in [9.17, 15) is 17.6 Å². The van der Waals surface area contributed by atoms with Crippen LogP contribution in [-0.2, 0) is 6.61 Å². The van der Waals surface area contributed by atoms with Crippen molar-refractivity contribution in [2.75, 3.05) is 0 Å². The number of hydrogen-bond acceptors (Lipinski definition) is 2. The lowest BCUT2D eigenvalue weighted by atomic mass is 10.2. The molecule has 13 heavy (non-hydrogen) atoms. The molecule has 0 unspecified atom stereocenters. The van der Waals surface area contributed by atoms with Gasteiger partial charge in [-0.25, -0.2) is 18.2 Å². The van der Waals surface area contributed by atoms with Gasteiger partial charge in [0, 0.05) is 6.07 Å². The van der Waals surface area contributed by atoms with Crippen LogP contribution in [-0.4, -0.2) is 10.1 Å². The highest BCUT2D eigenvalue weighted by atomic mass is 19.3. The molecule has 0 aliphatic carbocycles. The van der Waals surface area contributed by atoms with Crippen LogP contribution >= 0.6 is 0 Å². The van der Waals surface area contributed by atoms with Crippen LogP contribution in [0.2, 0.25) is 0 Å². The summed E-state index contributed by atoms with van der Waals surface area (Å²) in [6.45, 7) is -0.913. The first-order valence-electron chi connectivity index (χ1n) is 3.30. The van der Waals surface area contributed by atoms with Gasteiger partial charge < -0.3 is 5.11 Å². The molecule has 0 saturated heterocycles. The first-order chi connectivity index (χ1) is 6.06. The number of halogens is 4. The molecule has 0 bridgehead atoms. The summed E-state index contributed by atoms with van der Waals surface area (Å²) in [4.78, 5) is 2.91. The van der Waals surface area contributed by atoms with Gasteiger partial charge in [-0.05, 0) is 0 Å². The van der Waals surface area contributed by atoms with E-state index < -0.39 is 36.1 Å². The summed E-state index contributed by atoms with van der Waals surface area (Å²) in [5, 5.41) is 8.44. The zero-order chi connectivity index (χ0) is 10.0. The molecule has 0 aliphatic rings. The van der Waals surface area contributed by atoms with E-state index in [1.807, 2.05) is 0 Å². The first-order valence-corrected chi connectivity index (χ1v) is 3.30. The standard InChI is InChI=1S/C7H5F4NO/c8-5-1-3(7(10)11)6(9)4(2-13)12-5/h1,7,13H,2H2. The van der Waals surface area contributed by atoms with Crippen LogP contribution in [0.1, 0.15) is 17.7 Å². The van der Waals surface area contributed by atoms with Crippen LogP contribution < -0.4 is 0 Å². The topological polar surface area (TPSA) is 33.1 Å². The number of alkyl halides is 2. The molecule has 1 rings (SSSR count). The summed E-state index contributed by atoms with van der Waals surface area (Å²) in [7, 11) is 0. The second-order valence-electron chi connectivity index (χ2n) is 2.25. The Bertz CT molecular complexity index is 316. The van der Waals surface area contributed by atoms with Crippen LogP contribution in [0.25, 0.3) is 0 Å². The summed E-state index contributed by atoms with van der Waals surface area (Å²) in [6, 6.07) is 0.305. The van der Waals surface area contributed by atoms with Gasteiger partial charge in [0.1, 0.15) is 5.69 Å². The van der Waals surface area contributed by atoms with Crippen molar-refractivity contribution in [2.45, 2.75) is 13.0 Å². The Morgan fingerprint density at radius 1 is 1.38 bits per heavy atom. The van der Waals surface area contributed by atoms with Gasteiger partial charge in [-0.15, -0.1) is 0 Å². The molecule has 0 saturated carbocycles. The van der Waals surface area contributed by atoms with Gasteiger partial charge >= 0.3 is 0 Å². The van der Waals surface area contributed by atoms with Gasteiger partial charge in [0.15, 0.2) is 5.82 Å². The number of pyridine rings is 1. The minimum atomic E-state index is -3.12. The molecule has 1 heterocycles. The molecule has 1 N–H and O–H groups in total. The summed E-state index contributed by atoms with van der Waals surface area (Å²) in [5.74, 6) is -2.60. The van der Waals surface area contributed by atoms with Gasteiger partial charge in [-0.3, -0.25) is 0 Å². The maximum atomic E-state index is 12.8. The fraction of sp³-hybridized carbons (Fsp3) is 0.286. The van der Waals surface area contributed by atoms with Gasteiger partial charge in [-0.2, -0.15) is 4.39 Å². The summed E-state index contributed by atoms with van der Waals surface area (Å²) >= 11 is 0. The van der Waals surface area contributed by atoms with Crippen LogP contribution in [0, 0.1) is 11.8 Å². The summed E-state index contributed by atoms with van der Waals surface area (Å²) in [5.41, 5.74) is -1.80. The average Bonchev–Trinajstić information content (AvgIpc) is 2.08. The number of rotatable bonds is 2. The van der Waals surface area contributed by atoms with Crippen LogP contribution in [0.5, 0.6) is 0 Å². The molecule has 6 heteroatoms. The summed E-state index contributed by atoms with van der Waals surface area (Å²) < 4.78 is 49.3. The maximum Gasteiger partial charge on any atom is 0.266 e. The zero-order valence-electron chi connectivity index (χ0n) is 6.27. The Morgan fingerprint density at radius 3 is 2.46 bits per heavy atom. The zero-order valence-corrected chi connectivity index (χ0v) is 6.27. The fourth-order valence-electron chi connectivity index (χ4n) is 0.832. The number of aliphatic hydroxyl groups is 1. The Balaban J connectivity index is 3.27. The SMILES string of the molecule is OCc1nc(F)cc(C(F)F)c1F. The molecule has 0 aliphatic heterocycles. The molecule has 2 nitrogen and oxygen atoms in total. The highest BCUT2D eigenvalue weighted by Gasteiger charge is 2.18. The van der Waals surface area contributed by atoms with Crippen molar-refractivity contribution in [3.05, 3.63) is 29.1 Å². The van der Waals surface area contributed by atoms with E-state index in [4.69, 9.17) is 5.11 Å². The minimum absolute atomic E-state index is 0.305. The molecule has 1 aromatic heterocycles. The smallest absolute Gasteiger partial charge is 0.266 e. The number of hydrogen-bond donors (Lipinski definition) is 1. The van der Waals surface area contributed by atoms with Crippen molar-refractivity contribution in [3.63, 3.8) is 0 Å². The van der Waals surface area contributed by atoms with Crippen molar-refractivity contribution in [1.29, 1.82) is 0 Å². The molecular weight excluding hydrogens is 190 g/mol. The van der Waals surface area contributed by atoms with E-state index in [1.165, 1.54) is 0 Å². The Kier molecular flexibility index (Phi) is 2.82. The Hall–Kier alpha value is -1.17. The van der Waals surface area contributed by atoms with E-state index in [-0.39, 0.29) is 0 Å². The number of aliphatic hydroxyl groups excluding tert-OH is 1. The third-order valence-electron chi connectivity index (χ3n) is 1.41. The monoisotopic (exact) mass is 195 g/mol. The lowest BCUT2D eigenvalue weighted by molar-refractivity contribution is 0.144. The normalized spacial score (nSPS) is 10.9. The largest absolute Gasteiger partial charge is 0.390 e. The first kappa shape index (κ1) is 9.91. The summed E-state index contributed by atoms with van der Waals surface area (Å²) in [6.07, 6.45) is -3.12. The van der Waals surface area contributed by atoms with Gasteiger partial charge in [0.2, 0.25) is 5.95 Å². The fourth-order valence-corrected chi connectivity index (χ4v) is 0.832. The molecule has 0 radical (unpaired) electrons. The third kappa shape index (κ3) is 1.95. The van der Waals surface area contributed by atoms with E-state index in [0.717, 1.165) is 0 Å². The Labute approximate surface area is 70.8 Å². The van der Waals surface area contributed by atoms with Crippen molar-refractivity contribution < 1.29 is 22.7 Å². The lowest BCUT2D eigenvalue weighted by Crippen LogP contribution is -2.03. The predicted molar refractivity (Wildman–Crippen MR) is 35.0 cm³/mol. The van der Waals surface area contributed by atoms with Crippen molar-refractivity contribution in [1.82, 2.24) is 4.98 Å². The van der Waals surface area contributed by atoms with E-state index in [1.54, 1.807) is 0 Å². The second kappa shape index (κ2) is 3.69. The van der Waals surface area contributed by atoms with Crippen molar-refractivity contribution >= 4 is 0 Å². The number of nitrogens with zero attached hydrogens (tertiary/aromatic N) is 1. The second-order valence-corrected chi connectivity index (χ2v) is 2.25. The highest BCUT2D eigenvalue weighted by molar-refractivity contribution is 5.20. The highest BCUT2D eigenvalue weighted by Crippen LogP contribution is 2.23. The predicted octanol–water partition coefficient (Wildman–Crippen LogP) is 1.79. The van der Waals surface area contributed by atoms with E-state index >= 15 is 0 Å². The maximum absolute atomic E-state index is 12.8. The molecule has 0 amide bonds. The molecular formula is C7H5F4NO. The molecule has 0 fully saturated rings. The van der Waals surface area contributed by atoms with Crippen LogP contribution in [0.4, 0.5) is 17.6 Å². The van der Waals surface area contributed by atoms with Crippen molar-refractivity contribution in [2.24, 2.45) is 0 Å². The number of aromatic nitrogens is 1. The molecule has 1 aromatic rings. The lowest BCUT2D eigenvalue weighted by Gasteiger charge is -2.04. The minimum Gasteiger partial charge on any atom is -0.390 e. The van der Waals surface area contributed by atoms with Crippen molar-refractivity contribution in [3.8, 4) is 0 Å². The molecule has 0 spiro atoms. The Morgan fingerprint density at radius 2 is 2.00 bits per heavy atom. The molecule has 72 valence electrons.